The van der Waals surface area contributed by atoms with Crippen molar-refractivity contribution in [2.45, 2.75) is 131 Å². The Morgan fingerprint density at radius 1 is 1.03 bits per heavy atom. The van der Waals surface area contributed by atoms with Gasteiger partial charge >= 0.3 is 5.97 Å². The smallest absolute Gasteiger partial charge is 0.305 e. The molecule has 4 aliphatic rings. The maximum absolute atomic E-state index is 10.2. The summed E-state index contributed by atoms with van der Waals surface area (Å²) in [6, 6.07) is 0. The second-order valence-electron chi connectivity index (χ2n) is 13.6. The molecule has 35 heavy (non-hydrogen) atoms. The fourth-order valence-corrected chi connectivity index (χ4v) is 8.92. The van der Waals surface area contributed by atoms with Gasteiger partial charge in [0.1, 0.15) is 0 Å². The van der Waals surface area contributed by atoms with Crippen LogP contribution in [0.25, 0.3) is 0 Å². The van der Waals surface area contributed by atoms with Crippen molar-refractivity contribution in [2.75, 3.05) is 0 Å². The number of hydrogen-bond acceptors (Lipinski definition) is 3. The lowest BCUT2D eigenvalue weighted by Gasteiger charge is -2.58. The van der Waals surface area contributed by atoms with E-state index in [-0.39, 0.29) is 12.5 Å². The lowest BCUT2D eigenvalue weighted by atomic mass is 9.47. The largest absolute Gasteiger partial charge is 0.481 e. The molecular formula is C31H54O4. The molecule has 0 spiro atoms. The van der Waals surface area contributed by atoms with Crippen molar-refractivity contribution in [1.29, 1.82) is 0 Å². The molecule has 0 amide bonds. The third kappa shape index (κ3) is 6.35. The normalized spacial score (nSPS) is 39.9. The highest BCUT2D eigenvalue weighted by Gasteiger charge is 2.59. The third-order valence-electron chi connectivity index (χ3n) is 10.7. The molecule has 0 aromatic carbocycles. The molecule has 202 valence electrons. The van der Waals surface area contributed by atoms with Crippen molar-refractivity contribution in [3.63, 3.8) is 0 Å². The standard InChI is InChI=1S/C27H46O.C4H8O3/c1-18(2)7-6-8-19(3)23-11-12-24-22-10-9-20-17-21(28)13-15-26(20,4)25(22)14-16-27(23,24)5;1-3(5)2-4(6)7/h9,18-19,21-25,28H,6-8,10-17H2,1-5H3;3,5H,2H2,1H3,(H,6,7)/t19?,21-,22-,23+,24-,25-,26-,27+;/m0./s1. The lowest BCUT2D eigenvalue weighted by Crippen LogP contribution is -2.50. The van der Waals surface area contributed by atoms with E-state index in [4.69, 9.17) is 10.2 Å². The van der Waals surface area contributed by atoms with Gasteiger partial charge < -0.3 is 15.3 Å². The number of hydrogen-bond donors (Lipinski definition) is 3. The van der Waals surface area contributed by atoms with Gasteiger partial charge in [0.05, 0.1) is 18.6 Å². The molecule has 0 radical (unpaired) electrons. The van der Waals surface area contributed by atoms with E-state index in [1.807, 2.05) is 0 Å². The first-order valence-corrected chi connectivity index (χ1v) is 14.7. The van der Waals surface area contributed by atoms with Crippen LogP contribution in [-0.4, -0.2) is 33.5 Å². The average molecular weight is 491 g/mol. The number of aliphatic hydroxyl groups excluding tert-OH is 2. The zero-order valence-corrected chi connectivity index (χ0v) is 23.4. The van der Waals surface area contributed by atoms with Gasteiger partial charge in [0.2, 0.25) is 0 Å². The molecule has 0 bridgehead atoms. The SMILES string of the molecule is CC(C)CCCC(C)[C@H]1CC[C@H]2[C@@H]3CC=C4C[C@@H](O)CC[C@]4(C)[C@H]3CC[C@]12C.CC(O)CC(=O)O. The fraction of sp³-hybridized carbons (Fsp3) is 0.903. The minimum Gasteiger partial charge on any atom is -0.481 e. The van der Waals surface area contributed by atoms with Crippen LogP contribution in [0.5, 0.6) is 0 Å². The van der Waals surface area contributed by atoms with Gasteiger partial charge in [0.15, 0.2) is 0 Å². The number of aliphatic carboxylic acids is 1. The van der Waals surface area contributed by atoms with Crippen molar-refractivity contribution >= 4 is 5.97 Å². The molecule has 4 rings (SSSR count). The minimum atomic E-state index is -0.963. The van der Waals surface area contributed by atoms with Crippen LogP contribution in [0.2, 0.25) is 0 Å². The van der Waals surface area contributed by atoms with Gasteiger partial charge in [-0.2, -0.15) is 0 Å². The lowest BCUT2D eigenvalue weighted by molar-refractivity contribution is -0.138. The van der Waals surface area contributed by atoms with Crippen LogP contribution in [0.4, 0.5) is 0 Å². The van der Waals surface area contributed by atoms with Crippen molar-refractivity contribution in [2.24, 2.45) is 46.3 Å². The Bertz CT molecular complexity index is 742. The summed E-state index contributed by atoms with van der Waals surface area (Å²) in [5.41, 5.74) is 2.60. The molecule has 4 aliphatic carbocycles. The Labute approximate surface area is 215 Å². The summed E-state index contributed by atoms with van der Waals surface area (Å²) in [7, 11) is 0. The monoisotopic (exact) mass is 490 g/mol. The molecular weight excluding hydrogens is 436 g/mol. The summed E-state index contributed by atoms with van der Waals surface area (Å²) in [5.74, 6) is 4.49. The van der Waals surface area contributed by atoms with E-state index < -0.39 is 12.1 Å². The number of carboxylic acid groups (broad SMARTS) is 1. The molecule has 4 nitrogen and oxygen atoms in total. The highest BCUT2D eigenvalue weighted by Crippen LogP contribution is 2.67. The highest BCUT2D eigenvalue weighted by molar-refractivity contribution is 5.67. The second-order valence-corrected chi connectivity index (χ2v) is 13.6. The van der Waals surface area contributed by atoms with Crippen molar-refractivity contribution in [3.8, 4) is 0 Å². The topological polar surface area (TPSA) is 77.8 Å². The predicted molar refractivity (Wildman–Crippen MR) is 143 cm³/mol. The highest BCUT2D eigenvalue weighted by atomic mass is 16.4. The summed E-state index contributed by atoms with van der Waals surface area (Å²) in [5, 5.41) is 26.5. The average Bonchev–Trinajstić information content (AvgIpc) is 3.10. The van der Waals surface area contributed by atoms with Crippen LogP contribution >= 0.6 is 0 Å². The number of carbonyl (C=O) groups is 1. The first-order chi connectivity index (χ1) is 16.4. The Hall–Kier alpha value is -0.870. The zero-order chi connectivity index (χ0) is 26.0. The van der Waals surface area contributed by atoms with Crippen LogP contribution in [0.3, 0.4) is 0 Å². The molecule has 3 fully saturated rings. The zero-order valence-electron chi connectivity index (χ0n) is 23.4. The van der Waals surface area contributed by atoms with Crippen molar-refractivity contribution in [3.05, 3.63) is 11.6 Å². The third-order valence-corrected chi connectivity index (χ3v) is 10.7. The summed E-state index contributed by atoms with van der Waals surface area (Å²) in [4.78, 5) is 9.65. The molecule has 4 heteroatoms. The first-order valence-electron chi connectivity index (χ1n) is 14.7. The van der Waals surface area contributed by atoms with Crippen LogP contribution in [-0.2, 0) is 4.79 Å². The number of carboxylic acids is 1. The Morgan fingerprint density at radius 3 is 2.34 bits per heavy atom. The van der Waals surface area contributed by atoms with Crippen molar-refractivity contribution in [1.82, 2.24) is 0 Å². The molecule has 9 atom stereocenters. The van der Waals surface area contributed by atoms with Gasteiger partial charge in [-0.15, -0.1) is 0 Å². The van der Waals surface area contributed by atoms with Crippen LogP contribution in [0, 0.1) is 46.3 Å². The van der Waals surface area contributed by atoms with Crippen LogP contribution in [0.15, 0.2) is 11.6 Å². The number of rotatable bonds is 7. The minimum absolute atomic E-state index is 0.0766. The van der Waals surface area contributed by atoms with Gasteiger partial charge in [0.25, 0.3) is 0 Å². The Kier molecular flexibility index (Phi) is 9.57. The van der Waals surface area contributed by atoms with Gasteiger partial charge in [-0.25, -0.2) is 0 Å². The maximum atomic E-state index is 10.2. The van der Waals surface area contributed by atoms with E-state index in [9.17, 15) is 9.90 Å². The summed E-state index contributed by atoms with van der Waals surface area (Å²) >= 11 is 0. The van der Waals surface area contributed by atoms with Crippen LogP contribution in [0.1, 0.15) is 119 Å². The molecule has 2 unspecified atom stereocenters. The van der Waals surface area contributed by atoms with E-state index in [0.717, 1.165) is 48.3 Å². The summed E-state index contributed by atoms with van der Waals surface area (Å²) < 4.78 is 0. The van der Waals surface area contributed by atoms with E-state index in [2.05, 4.69) is 40.7 Å². The van der Waals surface area contributed by atoms with Gasteiger partial charge in [0, 0.05) is 0 Å². The molecule has 0 aliphatic heterocycles. The van der Waals surface area contributed by atoms with Gasteiger partial charge in [-0.1, -0.05) is 65.5 Å². The Balaban J connectivity index is 0.000000429. The second kappa shape index (κ2) is 11.7. The van der Waals surface area contributed by atoms with Gasteiger partial charge in [-0.3, -0.25) is 4.79 Å². The number of allylic oxidation sites excluding steroid dienone is 1. The van der Waals surface area contributed by atoms with Crippen LogP contribution < -0.4 is 0 Å². The molecule has 0 saturated heterocycles. The van der Waals surface area contributed by atoms with E-state index in [1.54, 1.807) is 5.57 Å². The maximum Gasteiger partial charge on any atom is 0.305 e. The number of aliphatic hydroxyl groups is 2. The quantitative estimate of drug-likeness (QED) is 0.329. The molecule has 0 heterocycles. The van der Waals surface area contributed by atoms with Crippen molar-refractivity contribution < 1.29 is 20.1 Å². The van der Waals surface area contributed by atoms with E-state index >= 15 is 0 Å². The van der Waals surface area contributed by atoms with Gasteiger partial charge in [-0.05, 0) is 105 Å². The summed E-state index contributed by atoms with van der Waals surface area (Å²) in [6.07, 6.45) is 16.3. The molecule has 3 saturated carbocycles. The van der Waals surface area contributed by atoms with E-state index in [1.165, 1.54) is 64.7 Å². The van der Waals surface area contributed by atoms with E-state index in [0.29, 0.717) is 10.8 Å². The first kappa shape index (κ1) is 28.7. The Morgan fingerprint density at radius 2 is 1.74 bits per heavy atom. The fourth-order valence-electron chi connectivity index (χ4n) is 8.92. The summed E-state index contributed by atoms with van der Waals surface area (Å²) in [6.45, 7) is 14.0. The number of fused-ring (bicyclic) bond motifs is 5. The molecule has 0 aromatic heterocycles. The molecule has 0 aromatic rings. The predicted octanol–water partition coefficient (Wildman–Crippen LogP) is 7.23. The molecule has 3 N–H and O–H groups in total.